The average Bonchev–Trinajstić information content (AvgIpc) is 2.02. The van der Waals surface area contributed by atoms with E-state index in [2.05, 4.69) is 0 Å². The molecule has 0 atom stereocenters. The van der Waals surface area contributed by atoms with Crippen LogP contribution in [0.1, 0.15) is 5.56 Å². The van der Waals surface area contributed by atoms with E-state index in [1.165, 1.54) is 0 Å². The van der Waals surface area contributed by atoms with Gasteiger partial charge < -0.3 is 0 Å². The van der Waals surface area contributed by atoms with Crippen LogP contribution >= 0.6 is 0 Å². The Kier molecular flexibility index (Phi) is 3.17. The van der Waals surface area contributed by atoms with Crippen molar-refractivity contribution >= 4 is 10.1 Å². The molecule has 0 radical (unpaired) electrons. The van der Waals surface area contributed by atoms with Crippen LogP contribution in [-0.4, -0.2) is 19.6 Å². The van der Waals surface area contributed by atoms with E-state index in [1.54, 1.807) is 0 Å². The summed E-state index contributed by atoms with van der Waals surface area (Å²) in [6, 6.07) is 2.70. The lowest BCUT2D eigenvalue weighted by molar-refractivity contribution is 0.475. The fraction of sp³-hybridized carbons (Fsp3) is 0.250. The van der Waals surface area contributed by atoms with Gasteiger partial charge in [0.05, 0.1) is 11.6 Å². The van der Waals surface area contributed by atoms with Gasteiger partial charge in [0.1, 0.15) is 5.82 Å². The molecule has 0 aliphatic rings. The van der Waals surface area contributed by atoms with E-state index in [1.807, 2.05) is 0 Å². The Morgan fingerprint density at radius 2 is 2.00 bits per heavy atom. The number of hydrogen-bond donors (Lipinski definition) is 1. The molecule has 0 saturated carbocycles. The highest BCUT2D eigenvalue weighted by molar-refractivity contribution is 7.85. The number of halogens is 2. The van der Waals surface area contributed by atoms with Crippen molar-refractivity contribution in [2.75, 3.05) is 6.67 Å². The Labute approximate surface area is 80.1 Å². The highest BCUT2D eigenvalue weighted by Crippen LogP contribution is 2.17. The Balaban J connectivity index is 3.29. The van der Waals surface area contributed by atoms with Gasteiger partial charge in [0.15, 0.2) is 0 Å². The van der Waals surface area contributed by atoms with Gasteiger partial charge >= 0.3 is 0 Å². The maximum absolute atomic E-state index is 12.7. The van der Waals surface area contributed by atoms with Crippen LogP contribution in [0.4, 0.5) is 8.78 Å². The zero-order valence-corrected chi connectivity index (χ0v) is 7.89. The lowest BCUT2D eigenvalue weighted by atomic mass is 10.1. The molecule has 0 bridgehead atoms. The van der Waals surface area contributed by atoms with Gasteiger partial charge in [-0.3, -0.25) is 8.94 Å². The molecule has 1 N–H and O–H groups in total. The van der Waals surface area contributed by atoms with E-state index in [0.29, 0.717) is 0 Å². The van der Waals surface area contributed by atoms with Crippen LogP contribution in [0.15, 0.2) is 23.1 Å². The summed E-state index contributed by atoms with van der Waals surface area (Å²) in [7, 11) is -4.41. The molecule has 78 valence electrons. The first-order chi connectivity index (χ1) is 6.45. The van der Waals surface area contributed by atoms with Crippen LogP contribution < -0.4 is 0 Å². The van der Waals surface area contributed by atoms with Crippen LogP contribution in [0.5, 0.6) is 0 Å². The first-order valence-corrected chi connectivity index (χ1v) is 5.21. The van der Waals surface area contributed by atoms with Crippen LogP contribution in [-0.2, 0) is 16.5 Å². The summed E-state index contributed by atoms with van der Waals surface area (Å²) in [6.45, 7) is -0.814. The van der Waals surface area contributed by atoms with Crippen LogP contribution in [0, 0.1) is 5.82 Å². The molecule has 0 aliphatic carbocycles. The number of rotatable bonds is 3. The average molecular weight is 222 g/mol. The van der Waals surface area contributed by atoms with Crippen molar-refractivity contribution in [1.82, 2.24) is 0 Å². The lowest BCUT2D eigenvalue weighted by Gasteiger charge is -2.04. The van der Waals surface area contributed by atoms with Crippen molar-refractivity contribution in [3.63, 3.8) is 0 Å². The van der Waals surface area contributed by atoms with Crippen molar-refractivity contribution < 1.29 is 21.8 Å². The van der Waals surface area contributed by atoms with Gasteiger partial charge in [-0.1, -0.05) is 0 Å². The van der Waals surface area contributed by atoms with Gasteiger partial charge in [-0.15, -0.1) is 0 Å². The topological polar surface area (TPSA) is 54.4 Å². The second-order valence-electron chi connectivity index (χ2n) is 2.67. The normalized spacial score (nSPS) is 11.6. The van der Waals surface area contributed by atoms with E-state index in [0.717, 1.165) is 18.2 Å². The van der Waals surface area contributed by atoms with Gasteiger partial charge in [0.25, 0.3) is 10.1 Å². The van der Waals surface area contributed by atoms with Crippen LogP contribution in [0.25, 0.3) is 0 Å². The van der Waals surface area contributed by atoms with Crippen molar-refractivity contribution in [3.8, 4) is 0 Å². The van der Waals surface area contributed by atoms with E-state index in [9.17, 15) is 17.2 Å². The van der Waals surface area contributed by atoms with Crippen molar-refractivity contribution in [2.45, 2.75) is 11.3 Å². The highest BCUT2D eigenvalue weighted by atomic mass is 32.2. The fourth-order valence-corrected chi connectivity index (χ4v) is 1.83. The molecular weight excluding hydrogens is 214 g/mol. The minimum atomic E-state index is -4.41. The molecule has 0 aromatic heterocycles. The number of benzene rings is 1. The minimum absolute atomic E-state index is 0.0602. The van der Waals surface area contributed by atoms with Crippen molar-refractivity contribution in [3.05, 3.63) is 29.6 Å². The third-order valence-electron chi connectivity index (χ3n) is 1.66. The summed E-state index contributed by atoms with van der Waals surface area (Å²) < 4.78 is 54.9. The summed E-state index contributed by atoms with van der Waals surface area (Å²) in [4.78, 5) is -0.448. The summed E-state index contributed by atoms with van der Waals surface area (Å²) >= 11 is 0. The maximum Gasteiger partial charge on any atom is 0.294 e. The van der Waals surface area contributed by atoms with E-state index >= 15 is 0 Å². The molecular formula is C8H8F2O3S. The maximum atomic E-state index is 12.7. The van der Waals surface area contributed by atoms with Crippen LogP contribution in [0.3, 0.4) is 0 Å². The van der Waals surface area contributed by atoms with Crippen molar-refractivity contribution in [1.29, 1.82) is 0 Å². The molecule has 0 heterocycles. The molecule has 0 unspecified atom stereocenters. The fourth-order valence-electron chi connectivity index (χ4n) is 1.10. The molecule has 0 aliphatic heterocycles. The smallest absolute Gasteiger partial charge is 0.282 e. The summed E-state index contributed by atoms with van der Waals surface area (Å²) in [6.07, 6.45) is -0.243. The zero-order chi connectivity index (χ0) is 10.8. The second-order valence-corrected chi connectivity index (χ2v) is 4.06. The van der Waals surface area contributed by atoms with Gasteiger partial charge in [-0.05, 0) is 23.8 Å². The molecule has 6 heteroatoms. The molecule has 1 rings (SSSR count). The molecule has 0 spiro atoms. The largest absolute Gasteiger partial charge is 0.294 e. The molecule has 0 fully saturated rings. The van der Waals surface area contributed by atoms with Gasteiger partial charge in [0.2, 0.25) is 0 Å². The summed E-state index contributed by atoms with van der Waals surface area (Å²) in [5, 5.41) is 0. The molecule has 14 heavy (non-hydrogen) atoms. The first-order valence-electron chi connectivity index (χ1n) is 3.77. The lowest BCUT2D eigenvalue weighted by Crippen LogP contribution is -2.04. The third-order valence-corrected chi connectivity index (χ3v) is 2.62. The standard InChI is InChI=1S/C8H8F2O3S/c9-4-3-6-5-7(10)1-2-8(6)14(11,12)13/h1-2,5H,3-4H2,(H,11,12,13). The number of hydrogen-bond acceptors (Lipinski definition) is 2. The number of alkyl halides is 1. The van der Waals surface area contributed by atoms with Gasteiger partial charge in [-0.25, -0.2) is 4.39 Å². The first kappa shape index (κ1) is 11.1. The Morgan fingerprint density at radius 1 is 1.36 bits per heavy atom. The quantitative estimate of drug-likeness (QED) is 0.790. The van der Waals surface area contributed by atoms with E-state index in [-0.39, 0.29) is 12.0 Å². The molecule has 0 saturated heterocycles. The molecule has 0 amide bonds. The zero-order valence-electron chi connectivity index (χ0n) is 7.07. The van der Waals surface area contributed by atoms with Crippen molar-refractivity contribution in [2.24, 2.45) is 0 Å². The van der Waals surface area contributed by atoms with E-state index in [4.69, 9.17) is 4.55 Å². The Morgan fingerprint density at radius 3 is 2.50 bits per heavy atom. The molecule has 3 nitrogen and oxygen atoms in total. The Bertz CT molecular complexity index is 428. The van der Waals surface area contributed by atoms with Gasteiger partial charge in [-0.2, -0.15) is 8.42 Å². The summed E-state index contributed by atoms with van der Waals surface area (Å²) in [5.41, 5.74) is -0.0602. The van der Waals surface area contributed by atoms with Gasteiger partial charge in [0, 0.05) is 6.42 Å². The number of aryl methyl sites for hydroxylation is 1. The monoisotopic (exact) mass is 222 g/mol. The highest BCUT2D eigenvalue weighted by Gasteiger charge is 2.15. The second kappa shape index (κ2) is 4.02. The molecule has 1 aromatic rings. The predicted molar refractivity (Wildman–Crippen MR) is 45.9 cm³/mol. The SMILES string of the molecule is O=S(=O)(O)c1ccc(F)cc1CCF. The minimum Gasteiger partial charge on any atom is -0.282 e. The molecule has 1 aromatic carbocycles. The predicted octanol–water partition coefficient (Wildman–Crippen LogP) is 1.58. The van der Waals surface area contributed by atoms with Crippen LogP contribution in [0.2, 0.25) is 0 Å². The van der Waals surface area contributed by atoms with E-state index < -0.39 is 27.5 Å². The summed E-state index contributed by atoms with van der Waals surface area (Å²) in [5.74, 6) is -0.666. The Hall–Kier alpha value is -1.01. The third kappa shape index (κ3) is 2.49.